The van der Waals surface area contributed by atoms with E-state index in [4.69, 9.17) is 0 Å². The molecule has 2 aliphatic rings. The van der Waals surface area contributed by atoms with Gasteiger partial charge in [0.05, 0.1) is 0 Å². The first kappa shape index (κ1) is 9.05. The van der Waals surface area contributed by atoms with Crippen molar-refractivity contribution < 1.29 is 0 Å². The minimum absolute atomic E-state index is 0.616. The van der Waals surface area contributed by atoms with Gasteiger partial charge < -0.3 is 0 Å². The third-order valence-corrected chi connectivity index (χ3v) is 3.78. The topological polar surface area (TPSA) is 0 Å². The quantitative estimate of drug-likeness (QED) is 0.518. The van der Waals surface area contributed by atoms with Crippen molar-refractivity contribution >= 4 is 0 Å². The van der Waals surface area contributed by atoms with Gasteiger partial charge in [-0.05, 0) is 38.0 Å². The van der Waals surface area contributed by atoms with Crippen molar-refractivity contribution in [1.29, 1.82) is 0 Å². The average Bonchev–Trinajstić information content (AvgIpc) is 2.20. The smallest absolute Gasteiger partial charge is 0.0112 e. The van der Waals surface area contributed by atoms with Gasteiger partial charge in [0.15, 0.2) is 0 Å². The van der Waals surface area contributed by atoms with Crippen LogP contribution in [0.2, 0.25) is 0 Å². The molecule has 0 unspecified atom stereocenters. The first-order chi connectivity index (χ1) is 6.35. The van der Waals surface area contributed by atoms with Crippen molar-refractivity contribution in [3.05, 3.63) is 23.8 Å². The molecule has 72 valence electrons. The lowest BCUT2D eigenvalue weighted by Crippen LogP contribution is -2.23. The molecule has 0 radical (unpaired) electrons. The van der Waals surface area contributed by atoms with Crippen LogP contribution in [0.5, 0.6) is 0 Å². The van der Waals surface area contributed by atoms with E-state index in [1.807, 2.05) is 0 Å². The zero-order chi connectivity index (χ0) is 9.15. The highest BCUT2D eigenvalue weighted by atomic mass is 14.4. The van der Waals surface area contributed by atoms with E-state index in [-0.39, 0.29) is 0 Å². The van der Waals surface area contributed by atoms with Gasteiger partial charge in [0.25, 0.3) is 0 Å². The van der Waals surface area contributed by atoms with Gasteiger partial charge in [0.1, 0.15) is 0 Å². The molecule has 0 aromatic rings. The Hall–Kier alpha value is -0.520. The van der Waals surface area contributed by atoms with Crippen LogP contribution < -0.4 is 0 Å². The molecule has 1 saturated carbocycles. The van der Waals surface area contributed by atoms with Crippen LogP contribution in [0.15, 0.2) is 23.8 Å². The van der Waals surface area contributed by atoms with E-state index in [9.17, 15) is 0 Å². The van der Waals surface area contributed by atoms with E-state index in [0.717, 1.165) is 0 Å². The minimum Gasteiger partial charge on any atom is -0.0845 e. The van der Waals surface area contributed by atoms with Crippen LogP contribution in [0.1, 0.15) is 51.9 Å². The molecule has 2 aliphatic carbocycles. The highest BCUT2D eigenvalue weighted by molar-refractivity contribution is 5.25. The Bertz CT molecular complexity index is 226. The monoisotopic (exact) mass is 176 g/mol. The molecule has 0 saturated heterocycles. The van der Waals surface area contributed by atoms with Crippen LogP contribution in [-0.2, 0) is 0 Å². The summed E-state index contributed by atoms with van der Waals surface area (Å²) < 4.78 is 0. The van der Waals surface area contributed by atoms with Gasteiger partial charge in [0, 0.05) is 0 Å². The maximum atomic E-state index is 2.50. The summed E-state index contributed by atoms with van der Waals surface area (Å²) in [7, 11) is 0. The molecule has 0 atom stereocenters. The fourth-order valence-corrected chi connectivity index (χ4v) is 2.76. The molecule has 0 N–H and O–H groups in total. The molecule has 0 aromatic carbocycles. The van der Waals surface area contributed by atoms with Gasteiger partial charge in [-0.3, -0.25) is 0 Å². The molecule has 0 bridgehead atoms. The second kappa shape index (κ2) is 3.69. The number of rotatable bonds is 0. The summed E-state index contributed by atoms with van der Waals surface area (Å²) in [5, 5.41) is 0. The first-order valence-corrected chi connectivity index (χ1v) is 5.69. The molecule has 0 heterocycles. The molecule has 2 rings (SSSR count). The maximum absolute atomic E-state index is 2.50. The van der Waals surface area contributed by atoms with Gasteiger partial charge in [-0.1, -0.05) is 43.1 Å². The van der Waals surface area contributed by atoms with Crippen LogP contribution in [-0.4, -0.2) is 0 Å². The van der Waals surface area contributed by atoms with Crippen molar-refractivity contribution in [2.24, 2.45) is 5.41 Å². The Labute approximate surface area is 81.7 Å². The molecule has 0 heteroatoms. The van der Waals surface area contributed by atoms with Crippen LogP contribution >= 0.6 is 0 Å². The Kier molecular flexibility index (Phi) is 2.57. The van der Waals surface area contributed by atoms with E-state index >= 15 is 0 Å². The fourth-order valence-electron chi connectivity index (χ4n) is 2.76. The molecule has 0 aromatic heterocycles. The molecule has 1 spiro atoms. The molecule has 0 nitrogen and oxygen atoms in total. The standard InChI is InChI=1S/C13H20/c1-2-12-6-10-13(11-7-12)8-4-3-5-9-13/h2,6,10H,3-5,7-9,11H2,1H3/b12-2-. The van der Waals surface area contributed by atoms with Gasteiger partial charge in [-0.25, -0.2) is 0 Å². The third kappa shape index (κ3) is 1.87. The summed E-state index contributed by atoms with van der Waals surface area (Å²) in [6.07, 6.45) is 17.1. The summed E-state index contributed by atoms with van der Waals surface area (Å²) >= 11 is 0. The lowest BCUT2D eigenvalue weighted by Gasteiger charge is -2.37. The third-order valence-electron chi connectivity index (χ3n) is 3.78. The average molecular weight is 176 g/mol. The Morgan fingerprint density at radius 1 is 1.15 bits per heavy atom. The molecule has 13 heavy (non-hydrogen) atoms. The van der Waals surface area contributed by atoms with Crippen molar-refractivity contribution in [2.75, 3.05) is 0 Å². The Balaban J connectivity index is 2.09. The number of hydrogen-bond acceptors (Lipinski definition) is 0. The second-order valence-corrected chi connectivity index (χ2v) is 4.62. The first-order valence-electron chi connectivity index (χ1n) is 5.69. The predicted molar refractivity (Wildman–Crippen MR) is 57.6 cm³/mol. The normalized spacial score (nSPS) is 29.8. The van der Waals surface area contributed by atoms with Crippen molar-refractivity contribution in [3.63, 3.8) is 0 Å². The maximum Gasteiger partial charge on any atom is -0.0112 e. The number of allylic oxidation sites excluding steroid dienone is 4. The van der Waals surface area contributed by atoms with Gasteiger partial charge >= 0.3 is 0 Å². The lowest BCUT2D eigenvalue weighted by molar-refractivity contribution is 0.235. The SMILES string of the molecule is C/C=C1/C=CC2(CCCCC2)CC1. The van der Waals surface area contributed by atoms with Crippen LogP contribution in [0, 0.1) is 5.41 Å². The van der Waals surface area contributed by atoms with Crippen molar-refractivity contribution in [3.8, 4) is 0 Å². The Morgan fingerprint density at radius 2 is 1.92 bits per heavy atom. The number of hydrogen-bond donors (Lipinski definition) is 0. The fraction of sp³-hybridized carbons (Fsp3) is 0.692. The summed E-state index contributed by atoms with van der Waals surface area (Å²) in [5.41, 5.74) is 2.15. The lowest BCUT2D eigenvalue weighted by atomic mass is 9.68. The second-order valence-electron chi connectivity index (χ2n) is 4.62. The summed E-state index contributed by atoms with van der Waals surface area (Å²) in [5.74, 6) is 0. The molecule has 1 fully saturated rings. The van der Waals surface area contributed by atoms with E-state index in [0.29, 0.717) is 5.41 Å². The van der Waals surface area contributed by atoms with Crippen LogP contribution in [0.25, 0.3) is 0 Å². The largest absolute Gasteiger partial charge is 0.0845 e. The summed E-state index contributed by atoms with van der Waals surface area (Å²) in [4.78, 5) is 0. The van der Waals surface area contributed by atoms with Gasteiger partial charge in [-0.2, -0.15) is 0 Å². The van der Waals surface area contributed by atoms with Crippen LogP contribution in [0.3, 0.4) is 0 Å². The molecule has 0 amide bonds. The Morgan fingerprint density at radius 3 is 2.46 bits per heavy atom. The summed E-state index contributed by atoms with van der Waals surface area (Å²) in [6, 6.07) is 0. The van der Waals surface area contributed by atoms with Crippen LogP contribution in [0.4, 0.5) is 0 Å². The molecular formula is C13H20. The highest BCUT2D eigenvalue weighted by Gasteiger charge is 2.30. The van der Waals surface area contributed by atoms with Crippen molar-refractivity contribution in [2.45, 2.75) is 51.9 Å². The minimum atomic E-state index is 0.616. The van der Waals surface area contributed by atoms with Crippen molar-refractivity contribution in [1.82, 2.24) is 0 Å². The summed E-state index contributed by atoms with van der Waals surface area (Å²) in [6.45, 7) is 2.15. The highest BCUT2D eigenvalue weighted by Crippen LogP contribution is 2.44. The van der Waals surface area contributed by atoms with E-state index in [1.54, 1.807) is 0 Å². The van der Waals surface area contributed by atoms with Gasteiger partial charge in [-0.15, -0.1) is 0 Å². The molecular weight excluding hydrogens is 156 g/mol. The van der Waals surface area contributed by atoms with E-state index in [1.165, 1.54) is 50.5 Å². The van der Waals surface area contributed by atoms with E-state index in [2.05, 4.69) is 25.2 Å². The van der Waals surface area contributed by atoms with E-state index < -0.39 is 0 Å². The van der Waals surface area contributed by atoms with Gasteiger partial charge in [0.2, 0.25) is 0 Å². The zero-order valence-electron chi connectivity index (χ0n) is 8.68. The predicted octanol–water partition coefficient (Wildman–Crippen LogP) is 4.23. The zero-order valence-corrected chi connectivity index (χ0v) is 8.68. The molecule has 0 aliphatic heterocycles.